The van der Waals surface area contributed by atoms with Crippen LogP contribution in [0, 0.1) is 0 Å². The minimum Gasteiger partial charge on any atom is -0.497 e. The third-order valence-electron chi connectivity index (χ3n) is 7.32. The van der Waals surface area contributed by atoms with Gasteiger partial charge in [0.15, 0.2) is 0 Å². The predicted octanol–water partition coefficient (Wildman–Crippen LogP) is 4.01. The number of fused-ring (bicyclic) bond motifs is 4. The Balaban J connectivity index is 1.47. The Hall–Kier alpha value is -2.05. The maximum Gasteiger partial charge on any atom is 0.120 e. The zero-order valence-electron chi connectivity index (χ0n) is 18.2. The minimum atomic E-state index is -0.0314. The van der Waals surface area contributed by atoms with Gasteiger partial charge < -0.3 is 19.7 Å². The number of piperidine rings is 1. The Bertz CT molecular complexity index is 1080. The second-order valence-electron chi connectivity index (χ2n) is 9.00. The van der Waals surface area contributed by atoms with Crippen molar-refractivity contribution in [3.05, 3.63) is 64.3 Å². The molecule has 0 saturated carbocycles. The van der Waals surface area contributed by atoms with Crippen LogP contribution >= 0.6 is 11.6 Å². The SMILES string of the molecule is COc1ccc2c3c(n(C)c2c1)[C@H](CO)NCC31CCN(Cc2ccc(Cl)cc2)CC1. The summed E-state index contributed by atoms with van der Waals surface area (Å²) < 4.78 is 7.74. The summed E-state index contributed by atoms with van der Waals surface area (Å²) >= 11 is 6.04. The molecule has 0 aliphatic carbocycles. The second-order valence-corrected chi connectivity index (χ2v) is 9.44. The normalized spacial score (nSPS) is 20.8. The van der Waals surface area contributed by atoms with Crippen LogP contribution in [0.1, 0.15) is 35.7 Å². The molecule has 1 saturated heterocycles. The Morgan fingerprint density at radius 2 is 1.90 bits per heavy atom. The first-order valence-corrected chi connectivity index (χ1v) is 11.4. The standard InChI is InChI=1S/C25H30ClN3O2/c1-28-22-13-19(31-2)7-8-20(22)23-24(28)21(15-30)27-16-25(23)9-11-29(12-10-25)14-17-3-5-18(26)6-4-17/h3-8,13,21,27,30H,9-12,14-16H2,1-2H3/t21-/m0/s1. The number of aliphatic hydroxyl groups excluding tert-OH is 1. The number of benzene rings is 2. The zero-order valence-corrected chi connectivity index (χ0v) is 19.0. The summed E-state index contributed by atoms with van der Waals surface area (Å²) in [5.41, 5.74) is 5.22. The summed E-state index contributed by atoms with van der Waals surface area (Å²) in [7, 11) is 3.82. The quantitative estimate of drug-likeness (QED) is 0.644. The molecule has 1 fully saturated rings. The molecule has 6 heteroatoms. The highest BCUT2D eigenvalue weighted by molar-refractivity contribution is 6.30. The van der Waals surface area contributed by atoms with Crippen LogP contribution in [0.2, 0.25) is 5.02 Å². The molecule has 1 aromatic heterocycles. The van der Waals surface area contributed by atoms with Crippen LogP contribution in [0.4, 0.5) is 0 Å². The Morgan fingerprint density at radius 1 is 1.16 bits per heavy atom. The number of aliphatic hydroxyl groups is 1. The first kappa shape index (κ1) is 20.8. The molecule has 3 aromatic rings. The van der Waals surface area contributed by atoms with Gasteiger partial charge >= 0.3 is 0 Å². The number of nitrogens with one attached hydrogen (secondary N) is 1. The lowest BCUT2D eigenvalue weighted by molar-refractivity contribution is 0.131. The summed E-state index contributed by atoms with van der Waals surface area (Å²) in [6.45, 7) is 4.08. The maximum absolute atomic E-state index is 10.1. The predicted molar refractivity (Wildman–Crippen MR) is 125 cm³/mol. The van der Waals surface area contributed by atoms with Gasteiger partial charge in [-0.15, -0.1) is 0 Å². The number of aryl methyl sites for hydroxylation is 1. The van der Waals surface area contributed by atoms with Crippen LogP contribution in [0.5, 0.6) is 5.75 Å². The Morgan fingerprint density at radius 3 is 2.58 bits per heavy atom. The molecule has 2 aliphatic rings. The average Bonchev–Trinajstić information content (AvgIpc) is 3.10. The van der Waals surface area contributed by atoms with Crippen molar-refractivity contribution in [2.24, 2.45) is 7.05 Å². The molecule has 3 heterocycles. The molecule has 1 spiro atoms. The van der Waals surface area contributed by atoms with Crippen LogP contribution in [-0.2, 0) is 19.0 Å². The van der Waals surface area contributed by atoms with Crippen LogP contribution in [0.3, 0.4) is 0 Å². The average molecular weight is 440 g/mol. The first-order chi connectivity index (χ1) is 15.0. The number of hydrogen-bond acceptors (Lipinski definition) is 4. The van der Waals surface area contributed by atoms with Gasteiger partial charge in [-0.2, -0.15) is 0 Å². The second kappa shape index (κ2) is 8.14. The number of rotatable bonds is 4. The lowest BCUT2D eigenvalue weighted by Gasteiger charge is -2.46. The fourth-order valence-corrected chi connectivity index (χ4v) is 5.72. The minimum absolute atomic E-state index is 0.0314. The molecule has 5 nitrogen and oxygen atoms in total. The van der Waals surface area contributed by atoms with E-state index in [1.54, 1.807) is 7.11 Å². The summed E-state index contributed by atoms with van der Waals surface area (Å²) in [6.07, 6.45) is 2.20. The van der Waals surface area contributed by atoms with Crippen molar-refractivity contribution in [1.82, 2.24) is 14.8 Å². The van der Waals surface area contributed by atoms with Crippen LogP contribution in [0.15, 0.2) is 42.5 Å². The zero-order chi connectivity index (χ0) is 21.6. The number of ether oxygens (including phenoxy) is 1. The van der Waals surface area contributed by atoms with Gasteiger partial charge in [0, 0.05) is 47.7 Å². The molecule has 0 unspecified atom stereocenters. The molecular weight excluding hydrogens is 410 g/mol. The Kier molecular flexibility index (Phi) is 5.47. The number of hydrogen-bond donors (Lipinski definition) is 2. The van der Waals surface area contributed by atoms with Crippen molar-refractivity contribution in [3.63, 3.8) is 0 Å². The van der Waals surface area contributed by atoms with Crippen molar-refractivity contribution in [3.8, 4) is 5.75 Å². The number of likely N-dealkylation sites (tertiary alicyclic amines) is 1. The molecule has 164 valence electrons. The van der Waals surface area contributed by atoms with E-state index in [4.69, 9.17) is 16.3 Å². The van der Waals surface area contributed by atoms with Crippen molar-refractivity contribution >= 4 is 22.5 Å². The van der Waals surface area contributed by atoms with Crippen LogP contribution < -0.4 is 10.1 Å². The number of halogens is 1. The van der Waals surface area contributed by atoms with Gasteiger partial charge in [-0.3, -0.25) is 4.90 Å². The third-order valence-corrected chi connectivity index (χ3v) is 7.57. The monoisotopic (exact) mass is 439 g/mol. The highest BCUT2D eigenvalue weighted by Crippen LogP contribution is 2.47. The molecule has 1 atom stereocenters. The molecule has 2 aromatic carbocycles. The molecular formula is C25H30ClN3O2. The smallest absolute Gasteiger partial charge is 0.120 e. The summed E-state index contributed by atoms with van der Waals surface area (Å²) in [4.78, 5) is 2.54. The molecule has 31 heavy (non-hydrogen) atoms. The maximum atomic E-state index is 10.1. The van der Waals surface area contributed by atoms with Crippen LogP contribution in [-0.4, -0.2) is 47.9 Å². The Labute approximate surface area is 188 Å². The van der Waals surface area contributed by atoms with Gasteiger partial charge in [0.2, 0.25) is 0 Å². The summed E-state index contributed by atoms with van der Waals surface area (Å²) in [5, 5.41) is 15.8. The third kappa shape index (κ3) is 3.54. The van der Waals surface area contributed by atoms with E-state index in [1.807, 2.05) is 12.1 Å². The number of aromatic nitrogens is 1. The van der Waals surface area contributed by atoms with E-state index >= 15 is 0 Å². The number of methoxy groups -OCH3 is 1. The van der Waals surface area contributed by atoms with E-state index in [0.717, 1.165) is 49.8 Å². The van der Waals surface area contributed by atoms with E-state index < -0.39 is 0 Å². The first-order valence-electron chi connectivity index (χ1n) is 11.0. The highest BCUT2D eigenvalue weighted by atomic mass is 35.5. The molecule has 5 rings (SSSR count). The van der Waals surface area contributed by atoms with E-state index in [1.165, 1.54) is 27.7 Å². The van der Waals surface area contributed by atoms with Crippen molar-refractivity contribution in [2.45, 2.75) is 30.8 Å². The van der Waals surface area contributed by atoms with E-state index in [-0.39, 0.29) is 18.1 Å². The van der Waals surface area contributed by atoms with Gasteiger partial charge in [-0.25, -0.2) is 0 Å². The largest absolute Gasteiger partial charge is 0.497 e. The lowest BCUT2D eigenvalue weighted by Crippen LogP contribution is -2.52. The topological polar surface area (TPSA) is 49.7 Å². The molecule has 2 aliphatic heterocycles. The van der Waals surface area contributed by atoms with Crippen molar-refractivity contribution < 1.29 is 9.84 Å². The molecule has 0 radical (unpaired) electrons. The van der Waals surface area contributed by atoms with Crippen molar-refractivity contribution in [1.29, 1.82) is 0 Å². The van der Waals surface area contributed by atoms with E-state index in [9.17, 15) is 5.11 Å². The lowest BCUT2D eigenvalue weighted by atomic mass is 9.69. The van der Waals surface area contributed by atoms with E-state index in [2.05, 4.69) is 52.2 Å². The summed E-state index contributed by atoms with van der Waals surface area (Å²) in [6, 6.07) is 14.5. The number of nitrogens with zero attached hydrogens (tertiary/aromatic N) is 2. The van der Waals surface area contributed by atoms with Gasteiger partial charge in [0.05, 0.1) is 25.3 Å². The summed E-state index contributed by atoms with van der Waals surface area (Å²) in [5.74, 6) is 0.866. The van der Waals surface area contributed by atoms with Crippen molar-refractivity contribution in [2.75, 3.05) is 33.4 Å². The molecule has 2 N–H and O–H groups in total. The fraction of sp³-hybridized carbons (Fsp3) is 0.440. The van der Waals surface area contributed by atoms with Crippen LogP contribution in [0.25, 0.3) is 10.9 Å². The highest BCUT2D eigenvalue weighted by Gasteiger charge is 2.44. The van der Waals surface area contributed by atoms with Gasteiger partial charge in [0.25, 0.3) is 0 Å². The van der Waals surface area contributed by atoms with Gasteiger partial charge in [0.1, 0.15) is 5.75 Å². The molecule has 0 bridgehead atoms. The fourth-order valence-electron chi connectivity index (χ4n) is 5.60. The molecule has 0 amide bonds. The van der Waals surface area contributed by atoms with Gasteiger partial charge in [-0.05, 0) is 61.3 Å². The van der Waals surface area contributed by atoms with E-state index in [0.29, 0.717) is 0 Å². The van der Waals surface area contributed by atoms with Gasteiger partial charge in [-0.1, -0.05) is 23.7 Å².